The summed E-state index contributed by atoms with van der Waals surface area (Å²) >= 11 is 1.59. The number of benzene rings is 2. The summed E-state index contributed by atoms with van der Waals surface area (Å²) in [6.07, 6.45) is 0.182. The number of aryl methyl sites for hydroxylation is 1. The molecule has 0 aliphatic carbocycles. The van der Waals surface area contributed by atoms with Crippen LogP contribution in [-0.4, -0.2) is 42.5 Å². The lowest BCUT2D eigenvalue weighted by atomic mass is 10.1. The number of ether oxygens (including phenoxy) is 1. The topological polar surface area (TPSA) is 83.6 Å². The zero-order valence-electron chi connectivity index (χ0n) is 18.1. The van der Waals surface area contributed by atoms with Crippen LogP contribution in [0.5, 0.6) is 5.75 Å². The average molecular weight is 451 g/mol. The number of fused-ring (bicyclic) bond motifs is 1. The van der Waals surface area contributed by atoms with E-state index >= 15 is 0 Å². The van der Waals surface area contributed by atoms with Gasteiger partial charge < -0.3 is 20.3 Å². The Morgan fingerprint density at radius 1 is 1.22 bits per heavy atom. The number of anilines is 2. The Morgan fingerprint density at radius 3 is 2.84 bits per heavy atom. The van der Waals surface area contributed by atoms with Crippen LogP contribution in [0, 0.1) is 6.92 Å². The average Bonchev–Trinajstić information content (AvgIpc) is 3.24. The molecule has 32 heavy (non-hydrogen) atoms. The number of carbonyl (C=O) groups is 2. The van der Waals surface area contributed by atoms with Crippen molar-refractivity contribution in [2.75, 3.05) is 29.9 Å². The molecule has 0 saturated heterocycles. The van der Waals surface area contributed by atoms with Crippen molar-refractivity contribution in [2.45, 2.75) is 26.4 Å². The summed E-state index contributed by atoms with van der Waals surface area (Å²) in [5.74, 6) is 0.267. The highest BCUT2D eigenvalue weighted by molar-refractivity contribution is 7.09. The van der Waals surface area contributed by atoms with Gasteiger partial charge in [0.1, 0.15) is 5.75 Å². The second-order valence-corrected chi connectivity index (χ2v) is 8.69. The van der Waals surface area contributed by atoms with Crippen molar-refractivity contribution in [3.63, 3.8) is 0 Å². The Morgan fingerprint density at radius 2 is 2.06 bits per heavy atom. The van der Waals surface area contributed by atoms with Gasteiger partial charge >= 0.3 is 0 Å². The molecule has 166 valence electrons. The van der Waals surface area contributed by atoms with E-state index in [9.17, 15) is 9.59 Å². The predicted octanol–water partition coefficient (Wildman–Crippen LogP) is 3.85. The van der Waals surface area contributed by atoms with Crippen molar-refractivity contribution < 1.29 is 14.3 Å². The summed E-state index contributed by atoms with van der Waals surface area (Å²) in [6.45, 7) is 4.97. The largest absolute Gasteiger partial charge is 0.477 e. The fourth-order valence-corrected chi connectivity index (χ4v) is 4.20. The van der Waals surface area contributed by atoms with E-state index in [4.69, 9.17) is 4.74 Å². The van der Waals surface area contributed by atoms with Crippen molar-refractivity contribution >= 4 is 34.5 Å². The summed E-state index contributed by atoms with van der Waals surface area (Å²) in [5.41, 5.74) is 3.36. The van der Waals surface area contributed by atoms with Crippen LogP contribution in [0.2, 0.25) is 0 Å². The highest BCUT2D eigenvalue weighted by atomic mass is 32.1. The number of nitrogens with zero attached hydrogens (tertiary/aromatic N) is 2. The maximum atomic E-state index is 12.9. The minimum Gasteiger partial charge on any atom is -0.477 e. The molecule has 2 amide bonds. The van der Waals surface area contributed by atoms with Gasteiger partial charge in [-0.15, -0.1) is 11.3 Å². The Bertz CT molecular complexity index is 1110. The molecule has 2 aromatic carbocycles. The molecule has 0 bridgehead atoms. The molecule has 8 heteroatoms. The van der Waals surface area contributed by atoms with Gasteiger partial charge in [0.15, 0.2) is 6.10 Å². The predicted molar refractivity (Wildman–Crippen MR) is 127 cm³/mol. The molecule has 4 rings (SSSR count). The fourth-order valence-electron chi connectivity index (χ4n) is 3.58. The Hall–Kier alpha value is -3.39. The van der Waals surface area contributed by atoms with Crippen molar-refractivity contribution in [3.05, 3.63) is 58.9 Å². The SMILES string of the molecule is CCCNC(=O)[C@@H]1CN(CC(=O)Nc2cccc(-c3csc(C)n3)c2)c2ccccc2O1. The lowest BCUT2D eigenvalue weighted by Gasteiger charge is -2.35. The van der Waals surface area contributed by atoms with Crippen molar-refractivity contribution in [2.24, 2.45) is 0 Å². The van der Waals surface area contributed by atoms with E-state index in [0.717, 1.165) is 28.4 Å². The molecule has 1 aliphatic heterocycles. The standard InChI is InChI=1S/C24H26N4O3S/c1-3-11-25-24(30)22-13-28(20-9-4-5-10-21(20)31-22)14-23(29)27-18-8-6-7-17(12-18)19-15-32-16(2)26-19/h4-10,12,15,22H,3,11,13-14H2,1-2H3,(H,25,30)(H,27,29)/t22-/m0/s1. The monoisotopic (exact) mass is 450 g/mol. The molecule has 7 nitrogen and oxygen atoms in total. The van der Waals surface area contributed by atoms with Crippen LogP contribution in [0.25, 0.3) is 11.3 Å². The van der Waals surface area contributed by atoms with Crippen LogP contribution in [0.1, 0.15) is 18.4 Å². The highest BCUT2D eigenvalue weighted by Gasteiger charge is 2.31. The summed E-state index contributed by atoms with van der Waals surface area (Å²) in [6, 6.07) is 15.1. The molecule has 2 heterocycles. The minimum absolute atomic E-state index is 0.109. The molecule has 0 spiro atoms. The Balaban J connectivity index is 1.46. The molecular weight excluding hydrogens is 424 g/mol. The van der Waals surface area contributed by atoms with Crippen LogP contribution in [0.15, 0.2) is 53.9 Å². The summed E-state index contributed by atoms with van der Waals surface area (Å²) in [5, 5.41) is 8.85. The zero-order valence-corrected chi connectivity index (χ0v) is 18.9. The van der Waals surface area contributed by atoms with Crippen LogP contribution in [-0.2, 0) is 9.59 Å². The van der Waals surface area contributed by atoms with Crippen LogP contribution in [0.3, 0.4) is 0 Å². The smallest absolute Gasteiger partial charge is 0.262 e. The zero-order chi connectivity index (χ0) is 22.5. The van der Waals surface area contributed by atoms with Crippen LogP contribution < -0.4 is 20.3 Å². The van der Waals surface area contributed by atoms with Gasteiger partial charge in [-0.05, 0) is 37.6 Å². The molecule has 3 aromatic rings. The number of hydrogen-bond donors (Lipinski definition) is 2. The molecule has 0 fully saturated rings. The number of carbonyl (C=O) groups excluding carboxylic acids is 2. The summed E-state index contributed by atoms with van der Waals surface area (Å²) in [7, 11) is 0. The van der Waals surface area contributed by atoms with E-state index < -0.39 is 6.10 Å². The van der Waals surface area contributed by atoms with Gasteiger partial charge in [-0.25, -0.2) is 4.98 Å². The Labute approximate surface area is 191 Å². The number of amides is 2. The maximum Gasteiger partial charge on any atom is 0.262 e. The van der Waals surface area contributed by atoms with Crippen molar-refractivity contribution in [3.8, 4) is 17.0 Å². The first-order valence-electron chi connectivity index (χ1n) is 10.6. The molecule has 0 radical (unpaired) electrons. The summed E-state index contributed by atoms with van der Waals surface area (Å²) < 4.78 is 5.90. The molecule has 1 aliphatic rings. The highest BCUT2D eigenvalue weighted by Crippen LogP contribution is 2.33. The normalized spacial score (nSPS) is 14.9. The molecule has 1 aromatic heterocycles. The van der Waals surface area contributed by atoms with Gasteiger partial charge in [0.05, 0.1) is 29.5 Å². The first-order valence-corrected chi connectivity index (χ1v) is 11.5. The molecule has 2 N–H and O–H groups in total. The van der Waals surface area contributed by atoms with Gasteiger partial charge in [0.25, 0.3) is 5.91 Å². The van der Waals surface area contributed by atoms with E-state index in [-0.39, 0.29) is 18.4 Å². The number of rotatable bonds is 7. The molecule has 0 saturated carbocycles. The lowest BCUT2D eigenvalue weighted by molar-refractivity contribution is -0.128. The third-order valence-electron chi connectivity index (χ3n) is 5.10. The fraction of sp³-hybridized carbons (Fsp3) is 0.292. The van der Waals surface area contributed by atoms with Crippen LogP contribution in [0.4, 0.5) is 11.4 Å². The molecule has 1 atom stereocenters. The number of para-hydroxylation sites is 2. The molecular formula is C24H26N4O3S. The lowest BCUT2D eigenvalue weighted by Crippen LogP contribution is -2.50. The third-order valence-corrected chi connectivity index (χ3v) is 5.87. The number of thiazole rings is 1. The van der Waals surface area contributed by atoms with Gasteiger partial charge in [0.2, 0.25) is 5.91 Å². The van der Waals surface area contributed by atoms with Gasteiger partial charge in [-0.3, -0.25) is 9.59 Å². The number of hydrogen-bond acceptors (Lipinski definition) is 6. The summed E-state index contributed by atoms with van der Waals surface area (Å²) in [4.78, 5) is 31.8. The number of aromatic nitrogens is 1. The van der Waals surface area contributed by atoms with E-state index in [1.807, 2.05) is 72.7 Å². The van der Waals surface area contributed by atoms with Crippen LogP contribution >= 0.6 is 11.3 Å². The van der Waals surface area contributed by atoms with E-state index in [2.05, 4.69) is 15.6 Å². The minimum atomic E-state index is -0.666. The quantitative estimate of drug-likeness (QED) is 0.571. The Kier molecular flexibility index (Phi) is 6.70. The maximum absolute atomic E-state index is 12.9. The van der Waals surface area contributed by atoms with E-state index in [1.165, 1.54) is 0 Å². The van der Waals surface area contributed by atoms with Gasteiger partial charge in [0, 0.05) is 23.2 Å². The van der Waals surface area contributed by atoms with Gasteiger partial charge in [-0.2, -0.15) is 0 Å². The van der Waals surface area contributed by atoms with Gasteiger partial charge in [-0.1, -0.05) is 31.2 Å². The number of nitrogens with one attached hydrogen (secondary N) is 2. The van der Waals surface area contributed by atoms with E-state index in [0.29, 0.717) is 24.5 Å². The van der Waals surface area contributed by atoms with E-state index in [1.54, 1.807) is 11.3 Å². The second-order valence-electron chi connectivity index (χ2n) is 7.63. The second kappa shape index (κ2) is 9.82. The first-order chi connectivity index (χ1) is 15.5. The molecule has 0 unspecified atom stereocenters. The first kappa shape index (κ1) is 21.8. The third kappa shape index (κ3) is 5.08. The van der Waals surface area contributed by atoms with Crippen molar-refractivity contribution in [1.29, 1.82) is 0 Å². The van der Waals surface area contributed by atoms with Crippen molar-refractivity contribution in [1.82, 2.24) is 10.3 Å².